The summed E-state index contributed by atoms with van der Waals surface area (Å²) in [5.74, 6) is -0.523. The lowest BCUT2D eigenvalue weighted by Crippen LogP contribution is -2.55. The molecule has 0 fully saturated rings. The fourth-order valence-corrected chi connectivity index (χ4v) is 4.86. The lowest BCUT2D eigenvalue weighted by molar-refractivity contribution is -0.129. The summed E-state index contributed by atoms with van der Waals surface area (Å²) in [6.07, 6.45) is 1.67. The molecule has 186 valence electrons. The van der Waals surface area contributed by atoms with Gasteiger partial charge in [0.2, 0.25) is 23.1 Å². The number of ether oxygens (including phenoxy) is 3. The molecule has 2 N–H and O–H groups in total. The molecule has 0 saturated heterocycles. The summed E-state index contributed by atoms with van der Waals surface area (Å²) >= 11 is 6.43. The fourth-order valence-electron chi connectivity index (χ4n) is 4.59. The first kappa shape index (κ1) is 23.7. The second-order valence-electron chi connectivity index (χ2n) is 8.59. The maximum atomic E-state index is 13.6. The number of allylic oxidation sites excluding steroid dienone is 1. The average molecular weight is 512 g/mol. The summed E-state index contributed by atoms with van der Waals surface area (Å²) < 4.78 is 22.1. The zero-order chi connectivity index (χ0) is 25.8. The Kier molecular flexibility index (Phi) is 5.63. The monoisotopic (exact) mass is 511 g/mol. The van der Waals surface area contributed by atoms with Gasteiger partial charge < -0.3 is 29.1 Å². The molecule has 1 aliphatic heterocycles. The lowest BCUT2D eigenvalue weighted by atomic mass is 9.74. The Morgan fingerprint density at radius 3 is 2.56 bits per heavy atom. The van der Waals surface area contributed by atoms with Crippen molar-refractivity contribution >= 4 is 28.9 Å². The third-order valence-corrected chi connectivity index (χ3v) is 6.73. The van der Waals surface area contributed by atoms with E-state index in [9.17, 15) is 14.7 Å². The van der Waals surface area contributed by atoms with E-state index in [-0.39, 0.29) is 39.5 Å². The van der Waals surface area contributed by atoms with Gasteiger partial charge in [0, 0.05) is 36.4 Å². The number of phenolic OH excluding ortho intramolecular Hbond substituents is 1. The Labute approximate surface area is 210 Å². The normalized spacial score (nSPS) is 20.7. The van der Waals surface area contributed by atoms with Gasteiger partial charge >= 0.3 is 0 Å². The van der Waals surface area contributed by atoms with E-state index < -0.39 is 23.1 Å². The molecule has 1 aliphatic carbocycles. The Morgan fingerprint density at radius 1 is 1.17 bits per heavy atom. The molecule has 2 atom stereocenters. The van der Waals surface area contributed by atoms with Crippen LogP contribution in [0.3, 0.4) is 0 Å². The van der Waals surface area contributed by atoms with Crippen LogP contribution in [0.25, 0.3) is 11.5 Å². The van der Waals surface area contributed by atoms with Crippen LogP contribution in [-0.4, -0.2) is 46.7 Å². The summed E-state index contributed by atoms with van der Waals surface area (Å²) in [6, 6.07) is 6.25. The van der Waals surface area contributed by atoms with Crippen molar-refractivity contribution in [2.75, 3.05) is 19.5 Å². The number of nitrogens with zero attached hydrogens (tertiary/aromatic N) is 2. The molecule has 2 aliphatic rings. The van der Waals surface area contributed by atoms with Gasteiger partial charge in [-0.3, -0.25) is 9.59 Å². The highest BCUT2D eigenvalue weighted by Crippen LogP contribution is 2.53. The van der Waals surface area contributed by atoms with Crippen LogP contribution < -0.4 is 19.5 Å². The van der Waals surface area contributed by atoms with Gasteiger partial charge in [0.15, 0.2) is 5.75 Å². The molecule has 0 amide bonds. The van der Waals surface area contributed by atoms with E-state index in [1.54, 1.807) is 26.0 Å². The molecular weight excluding hydrogens is 490 g/mol. The molecule has 3 aromatic rings. The zero-order valence-electron chi connectivity index (χ0n) is 19.8. The van der Waals surface area contributed by atoms with Crippen molar-refractivity contribution in [2.45, 2.75) is 25.9 Å². The predicted octanol–water partition coefficient (Wildman–Crippen LogP) is 4.34. The SMILES string of the molecule is COc1cc(OC)c2c(c1Cl)O[C@@]1(C(=O)C=C(Nc3ccc(O)c(-c4nnc(C)o4)c3)C[C@H]1C)C2=O. The molecule has 0 saturated carbocycles. The van der Waals surface area contributed by atoms with Crippen LogP contribution in [-0.2, 0) is 4.79 Å². The molecule has 0 bridgehead atoms. The quantitative estimate of drug-likeness (QED) is 0.376. The number of ketones is 2. The number of Topliss-reactive ketones (excluding diaryl/α,β-unsaturated/α-hetero) is 1. The second-order valence-corrected chi connectivity index (χ2v) is 8.97. The molecule has 2 heterocycles. The van der Waals surface area contributed by atoms with E-state index in [4.69, 9.17) is 30.2 Å². The number of aromatic nitrogens is 2. The van der Waals surface area contributed by atoms with Gasteiger partial charge in [-0.2, -0.15) is 0 Å². The molecule has 36 heavy (non-hydrogen) atoms. The number of methoxy groups -OCH3 is 2. The highest BCUT2D eigenvalue weighted by Gasteiger charge is 2.60. The van der Waals surface area contributed by atoms with Crippen molar-refractivity contribution < 1.29 is 33.3 Å². The van der Waals surface area contributed by atoms with Crippen molar-refractivity contribution in [1.82, 2.24) is 10.2 Å². The van der Waals surface area contributed by atoms with Crippen molar-refractivity contribution in [3.05, 3.63) is 52.5 Å². The standard InChI is InChI=1S/C25H22ClN3O7/c1-11-7-14(27-13-5-6-16(30)15(8-13)24-29-28-12(2)35-24)9-19(31)25(11)23(32)20-17(33-3)10-18(34-4)21(26)22(20)36-25/h5-6,8-11,27,30H,7H2,1-4H3/t11-,25+/m1/s1. The number of fused-ring (bicyclic) bond motifs is 1. The summed E-state index contributed by atoms with van der Waals surface area (Å²) in [6.45, 7) is 3.41. The van der Waals surface area contributed by atoms with E-state index in [0.29, 0.717) is 29.3 Å². The van der Waals surface area contributed by atoms with E-state index >= 15 is 0 Å². The smallest absolute Gasteiger partial charge is 0.251 e. The number of benzene rings is 2. The minimum absolute atomic E-state index is 0.0332. The molecule has 1 spiro atoms. The number of anilines is 1. The van der Waals surface area contributed by atoms with Gasteiger partial charge in [0.25, 0.3) is 5.89 Å². The molecule has 0 radical (unpaired) electrons. The van der Waals surface area contributed by atoms with Crippen LogP contribution >= 0.6 is 11.6 Å². The highest BCUT2D eigenvalue weighted by molar-refractivity contribution is 6.36. The third kappa shape index (κ3) is 3.48. The van der Waals surface area contributed by atoms with E-state index in [0.717, 1.165) is 0 Å². The van der Waals surface area contributed by atoms with Gasteiger partial charge in [0.1, 0.15) is 27.8 Å². The van der Waals surface area contributed by atoms with Crippen LogP contribution in [0, 0.1) is 12.8 Å². The first-order chi connectivity index (χ1) is 17.2. The number of carbonyl (C=O) groups excluding carboxylic acids is 2. The Hall–Kier alpha value is -4.05. The number of carbonyl (C=O) groups is 2. The number of phenols is 1. The van der Waals surface area contributed by atoms with Gasteiger partial charge in [-0.1, -0.05) is 18.5 Å². The van der Waals surface area contributed by atoms with Crippen LogP contribution in [0.5, 0.6) is 23.0 Å². The molecule has 0 unspecified atom stereocenters. The number of aryl methyl sites for hydroxylation is 1. The highest BCUT2D eigenvalue weighted by atomic mass is 35.5. The van der Waals surface area contributed by atoms with Crippen molar-refractivity contribution in [1.29, 1.82) is 0 Å². The summed E-state index contributed by atoms with van der Waals surface area (Å²) in [4.78, 5) is 27.1. The zero-order valence-corrected chi connectivity index (χ0v) is 20.6. The largest absolute Gasteiger partial charge is 0.507 e. The number of rotatable bonds is 5. The summed E-state index contributed by atoms with van der Waals surface area (Å²) in [7, 11) is 2.85. The minimum atomic E-state index is -1.77. The average Bonchev–Trinajstić information content (AvgIpc) is 3.42. The van der Waals surface area contributed by atoms with E-state index in [2.05, 4.69) is 15.5 Å². The fraction of sp³-hybridized carbons (Fsp3) is 0.280. The molecule has 5 rings (SSSR count). The van der Waals surface area contributed by atoms with Gasteiger partial charge in [0.05, 0.1) is 19.8 Å². The summed E-state index contributed by atoms with van der Waals surface area (Å²) in [5.41, 5.74) is -0.158. The van der Waals surface area contributed by atoms with Crippen LogP contribution in [0.4, 0.5) is 5.69 Å². The molecule has 2 aromatic carbocycles. The van der Waals surface area contributed by atoms with Crippen molar-refractivity contribution in [3.8, 4) is 34.5 Å². The van der Waals surface area contributed by atoms with Crippen molar-refractivity contribution in [2.24, 2.45) is 5.92 Å². The molecular formula is C25H22ClN3O7. The molecule has 1 aromatic heterocycles. The summed E-state index contributed by atoms with van der Waals surface area (Å²) in [5, 5.41) is 21.2. The Bertz CT molecular complexity index is 1450. The van der Waals surface area contributed by atoms with Gasteiger partial charge in [-0.15, -0.1) is 10.2 Å². The van der Waals surface area contributed by atoms with Crippen molar-refractivity contribution in [3.63, 3.8) is 0 Å². The number of nitrogens with one attached hydrogen (secondary N) is 1. The predicted molar refractivity (Wildman–Crippen MR) is 129 cm³/mol. The Morgan fingerprint density at radius 2 is 1.92 bits per heavy atom. The maximum Gasteiger partial charge on any atom is 0.251 e. The second kappa shape index (κ2) is 8.56. The Balaban J connectivity index is 1.47. The van der Waals surface area contributed by atoms with Gasteiger partial charge in [-0.05, 0) is 24.6 Å². The minimum Gasteiger partial charge on any atom is -0.507 e. The topological polar surface area (TPSA) is 133 Å². The third-order valence-electron chi connectivity index (χ3n) is 6.37. The van der Waals surface area contributed by atoms with Gasteiger partial charge in [-0.25, -0.2) is 0 Å². The van der Waals surface area contributed by atoms with Crippen LogP contribution in [0.1, 0.15) is 29.6 Å². The first-order valence-corrected chi connectivity index (χ1v) is 11.4. The number of hydrogen-bond acceptors (Lipinski definition) is 10. The van der Waals surface area contributed by atoms with E-state index in [1.807, 2.05) is 0 Å². The maximum absolute atomic E-state index is 13.6. The molecule has 11 heteroatoms. The number of hydrogen-bond donors (Lipinski definition) is 2. The van der Waals surface area contributed by atoms with Crippen LogP contribution in [0.15, 0.2) is 40.5 Å². The lowest BCUT2D eigenvalue weighted by Gasteiger charge is -2.35. The van der Waals surface area contributed by atoms with Crippen LogP contribution in [0.2, 0.25) is 5.02 Å². The molecule has 10 nitrogen and oxygen atoms in total. The number of aromatic hydroxyl groups is 1. The van der Waals surface area contributed by atoms with E-state index in [1.165, 1.54) is 32.4 Å². The number of halogens is 1. The first-order valence-electron chi connectivity index (χ1n) is 11.0.